The lowest BCUT2D eigenvalue weighted by Gasteiger charge is -2.17. The average molecular weight is 360 g/mol. The van der Waals surface area contributed by atoms with E-state index in [9.17, 15) is 4.79 Å². The lowest BCUT2D eigenvalue weighted by molar-refractivity contribution is 0.0467. The van der Waals surface area contributed by atoms with Gasteiger partial charge in [0.15, 0.2) is 0 Å². The van der Waals surface area contributed by atoms with E-state index in [0.717, 1.165) is 16.7 Å². The van der Waals surface area contributed by atoms with E-state index in [-0.39, 0.29) is 18.5 Å². The largest absolute Gasteiger partial charge is 0.488 e. The highest BCUT2D eigenvalue weighted by Gasteiger charge is 2.19. The third kappa shape index (κ3) is 4.98. The zero-order chi connectivity index (χ0) is 19.1. The normalized spacial score (nSPS) is 10.6. The molecule has 0 aliphatic rings. The van der Waals surface area contributed by atoms with Gasteiger partial charge in [0.25, 0.3) is 0 Å². The van der Waals surface area contributed by atoms with Crippen LogP contribution in [-0.4, -0.2) is 5.97 Å². The highest BCUT2D eigenvalue weighted by atomic mass is 16.5. The molecule has 0 amide bonds. The Morgan fingerprint density at radius 3 is 1.96 bits per heavy atom. The summed E-state index contributed by atoms with van der Waals surface area (Å²) in [5.74, 6) is 0.469. The standard InChI is InChI=1S/C24H24O3/c1-18(2)21-14-9-15-22(23(21)26-16-19-10-5-3-6-11-19)24(25)27-17-20-12-7-4-8-13-20/h3-15,18H,16-17H2,1-2H3. The van der Waals surface area contributed by atoms with Crippen LogP contribution in [0.2, 0.25) is 0 Å². The number of hydrogen-bond acceptors (Lipinski definition) is 3. The van der Waals surface area contributed by atoms with E-state index in [4.69, 9.17) is 9.47 Å². The number of esters is 1. The molecular weight excluding hydrogens is 336 g/mol. The van der Waals surface area contributed by atoms with Gasteiger partial charge in [0.2, 0.25) is 0 Å². The average Bonchev–Trinajstić information content (AvgIpc) is 2.71. The first-order valence-corrected chi connectivity index (χ1v) is 9.16. The zero-order valence-electron chi connectivity index (χ0n) is 15.7. The summed E-state index contributed by atoms with van der Waals surface area (Å²) in [4.78, 5) is 12.7. The van der Waals surface area contributed by atoms with Crippen LogP contribution in [-0.2, 0) is 18.0 Å². The van der Waals surface area contributed by atoms with Crippen molar-refractivity contribution in [1.82, 2.24) is 0 Å². The van der Waals surface area contributed by atoms with Crippen LogP contribution in [0, 0.1) is 0 Å². The molecule has 0 radical (unpaired) electrons. The summed E-state index contributed by atoms with van der Waals surface area (Å²) < 4.78 is 11.6. The van der Waals surface area contributed by atoms with Gasteiger partial charge in [-0.05, 0) is 28.7 Å². The third-order valence-corrected chi connectivity index (χ3v) is 4.33. The first-order chi connectivity index (χ1) is 13.1. The van der Waals surface area contributed by atoms with E-state index in [0.29, 0.717) is 17.9 Å². The Kier molecular flexibility index (Phi) is 6.26. The minimum absolute atomic E-state index is 0.234. The number of hydrogen-bond donors (Lipinski definition) is 0. The molecule has 0 fully saturated rings. The van der Waals surface area contributed by atoms with Crippen LogP contribution in [0.25, 0.3) is 0 Å². The molecule has 0 aliphatic carbocycles. The molecule has 0 bridgehead atoms. The predicted molar refractivity (Wildman–Crippen MR) is 107 cm³/mol. The number of carbonyl (C=O) groups excluding carboxylic acids is 1. The fourth-order valence-corrected chi connectivity index (χ4v) is 2.86. The van der Waals surface area contributed by atoms with Crippen molar-refractivity contribution in [3.05, 3.63) is 101 Å². The van der Waals surface area contributed by atoms with Crippen molar-refractivity contribution in [2.24, 2.45) is 0 Å². The molecule has 0 aliphatic heterocycles. The van der Waals surface area contributed by atoms with E-state index in [1.807, 2.05) is 72.8 Å². The van der Waals surface area contributed by atoms with Crippen molar-refractivity contribution in [2.75, 3.05) is 0 Å². The molecule has 3 rings (SSSR count). The SMILES string of the molecule is CC(C)c1cccc(C(=O)OCc2ccccc2)c1OCc1ccccc1. The van der Waals surface area contributed by atoms with Crippen LogP contribution in [0.4, 0.5) is 0 Å². The van der Waals surface area contributed by atoms with E-state index in [1.165, 1.54) is 0 Å². The van der Waals surface area contributed by atoms with E-state index in [2.05, 4.69) is 13.8 Å². The second-order valence-electron chi connectivity index (χ2n) is 6.71. The lowest BCUT2D eigenvalue weighted by Crippen LogP contribution is -2.10. The maximum Gasteiger partial charge on any atom is 0.342 e. The molecule has 3 aromatic rings. The van der Waals surface area contributed by atoms with Crippen LogP contribution in [0.1, 0.15) is 46.8 Å². The van der Waals surface area contributed by atoms with Crippen molar-refractivity contribution in [3.8, 4) is 5.75 Å². The molecule has 3 heteroatoms. The van der Waals surface area contributed by atoms with Crippen molar-refractivity contribution in [1.29, 1.82) is 0 Å². The fourth-order valence-electron chi connectivity index (χ4n) is 2.86. The second kappa shape index (κ2) is 9.04. The van der Waals surface area contributed by atoms with Crippen LogP contribution < -0.4 is 4.74 Å². The summed E-state index contributed by atoms with van der Waals surface area (Å²) in [5.41, 5.74) is 3.48. The zero-order valence-corrected chi connectivity index (χ0v) is 15.7. The summed E-state index contributed by atoms with van der Waals surface area (Å²) >= 11 is 0. The Morgan fingerprint density at radius 2 is 1.37 bits per heavy atom. The van der Waals surface area contributed by atoms with Gasteiger partial charge in [-0.25, -0.2) is 4.79 Å². The second-order valence-corrected chi connectivity index (χ2v) is 6.71. The molecule has 0 saturated heterocycles. The molecule has 0 unspecified atom stereocenters. The van der Waals surface area contributed by atoms with Crippen LogP contribution in [0.15, 0.2) is 78.9 Å². The highest BCUT2D eigenvalue weighted by molar-refractivity contribution is 5.93. The Morgan fingerprint density at radius 1 is 0.778 bits per heavy atom. The van der Waals surface area contributed by atoms with Crippen LogP contribution in [0.5, 0.6) is 5.75 Å². The first-order valence-electron chi connectivity index (χ1n) is 9.16. The Labute approximate surface area is 160 Å². The number of rotatable bonds is 7. The molecule has 3 nitrogen and oxygen atoms in total. The van der Waals surface area contributed by atoms with Gasteiger partial charge in [0.1, 0.15) is 24.5 Å². The molecule has 0 heterocycles. The fraction of sp³-hybridized carbons (Fsp3) is 0.208. The molecule has 0 aromatic heterocycles. The molecule has 0 saturated carbocycles. The third-order valence-electron chi connectivity index (χ3n) is 4.33. The van der Waals surface area contributed by atoms with Gasteiger partial charge in [0.05, 0.1) is 0 Å². The van der Waals surface area contributed by atoms with Gasteiger partial charge in [0, 0.05) is 0 Å². The smallest absolute Gasteiger partial charge is 0.342 e. The maximum atomic E-state index is 12.7. The summed E-state index contributed by atoms with van der Waals surface area (Å²) in [6.07, 6.45) is 0. The minimum atomic E-state index is -0.371. The monoisotopic (exact) mass is 360 g/mol. The number of benzene rings is 3. The summed E-state index contributed by atoms with van der Waals surface area (Å²) in [5, 5.41) is 0. The van der Waals surface area contributed by atoms with Crippen molar-refractivity contribution in [3.63, 3.8) is 0 Å². The van der Waals surface area contributed by atoms with Gasteiger partial charge in [-0.2, -0.15) is 0 Å². The molecule has 27 heavy (non-hydrogen) atoms. The molecule has 0 N–H and O–H groups in total. The van der Waals surface area contributed by atoms with Gasteiger partial charge in [-0.3, -0.25) is 0 Å². The topological polar surface area (TPSA) is 35.5 Å². The quantitative estimate of drug-likeness (QED) is 0.504. The maximum absolute atomic E-state index is 12.7. The lowest BCUT2D eigenvalue weighted by atomic mass is 9.99. The van der Waals surface area contributed by atoms with Crippen LogP contribution >= 0.6 is 0 Å². The minimum Gasteiger partial charge on any atom is -0.488 e. The predicted octanol–water partition coefficient (Wildman–Crippen LogP) is 5.75. The summed E-state index contributed by atoms with van der Waals surface area (Å²) in [7, 11) is 0. The Bertz CT molecular complexity index is 871. The van der Waals surface area contributed by atoms with E-state index in [1.54, 1.807) is 6.07 Å². The molecule has 0 spiro atoms. The first kappa shape index (κ1) is 18.7. The number of para-hydroxylation sites is 1. The van der Waals surface area contributed by atoms with Gasteiger partial charge in [-0.1, -0.05) is 86.6 Å². The summed E-state index contributed by atoms with van der Waals surface area (Å²) in [6.45, 7) is 4.82. The number of ether oxygens (including phenoxy) is 2. The van der Waals surface area contributed by atoms with Crippen LogP contribution in [0.3, 0.4) is 0 Å². The van der Waals surface area contributed by atoms with E-state index < -0.39 is 0 Å². The number of carbonyl (C=O) groups is 1. The molecule has 0 atom stereocenters. The van der Waals surface area contributed by atoms with Crippen molar-refractivity contribution >= 4 is 5.97 Å². The molecule has 3 aromatic carbocycles. The molecule has 138 valence electrons. The highest BCUT2D eigenvalue weighted by Crippen LogP contribution is 2.31. The van der Waals surface area contributed by atoms with Gasteiger partial charge >= 0.3 is 5.97 Å². The van der Waals surface area contributed by atoms with Gasteiger partial charge in [-0.15, -0.1) is 0 Å². The van der Waals surface area contributed by atoms with E-state index >= 15 is 0 Å². The Hall–Kier alpha value is -3.07. The Balaban J connectivity index is 1.80. The van der Waals surface area contributed by atoms with Gasteiger partial charge < -0.3 is 9.47 Å². The molecular formula is C24H24O3. The summed E-state index contributed by atoms with van der Waals surface area (Å²) in [6, 6.07) is 25.2. The van der Waals surface area contributed by atoms with Crippen molar-refractivity contribution < 1.29 is 14.3 Å². The van der Waals surface area contributed by atoms with Crippen molar-refractivity contribution in [2.45, 2.75) is 33.0 Å².